The molecule has 1 aliphatic rings. The lowest BCUT2D eigenvalue weighted by molar-refractivity contribution is 0.295. The third-order valence-electron chi connectivity index (χ3n) is 4.28. The number of likely N-dealkylation sites (tertiary alicyclic amines) is 1. The number of rotatable bonds is 6. The quantitative estimate of drug-likeness (QED) is 0.855. The van der Waals surface area contributed by atoms with Gasteiger partial charge >= 0.3 is 0 Å². The summed E-state index contributed by atoms with van der Waals surface area (Å²) in [6.45, 7) is 6.20. The van der Waals surface area contributed by atoms with Crippen LogP contribution >= 0.6 is 0 Å². The molecule has 23 heavy (non-hydrogen) atoms. The minimum absolute atomic E-state index is 0.104. The molecule has 0 bridgehead atoms. The normalized spacial score (nSPS) is 22.7. The highest BCUT2D eigenvalue weighted by Gasteiger charge is 2.36. The maximum atomic E-state index is 13.8. The Morgan fingerprint density at radius 3 is 2.61 bits per heavy atom. The van der Waals surface area contributed by atoms with Crippen molar-refractivity contribution < 1.29 is 17.5 Å². The molecule has 1 fully saturated rings. The van der Waals surface area contributed by atoms with Crippen LogP contribution in [0.2, 0.25) is 0 Å². The van der Waals surface area contributed by atoms with Gasteiger partial charge < -0.3 is 4.74 Å². The molecule has 0 amide bonds. The van der Waals surface area contributed by atoms with Crippen molar-refractivity contribution in [2.24, 2.45) is 11.8 Å². The lowest BCUT2D eigenvalue weighted by Crippen LogP contribution is -2.41. The van der Waals surface area contributed by atoms with E-state index in [2.05, 4.69) is 23.5 Å². The van der Waals surface area contributed by atoms with Crippen molar-refractivity contribution in [1.82, 2.24) is 9.62 Å². The third kappa shape index (κ3) is 4.89. The van der Waals surface area contributed by atoms with Gasteiger partial charge in [0.25, 0.3) is 0 Å². The van der Waals surface area contributed by atoms with Crippen molar-refractivity contribution in [3.8, 4) is 5.75 Å². The van der Waals surface area contributed by atoms with Gasteiger partial charge in [0.15, 0.2) is 11.6 Å². The van der Waals surface area contributed by atoms with E-state index in [0.29, 0.717) is 19.0 Å². The topological polar surface area (TPSA) is 58.6 Å². The number of hydrogen-bond acceptors (Lipinski definition) is 4. The molecular weight excluding hydrogens is 319 g/mol. The van der Waals surface area contributed by atoms with Gasteiger partial charge in [-0.3, -0.25) is 4.90 Å². The van der Waals surface area contributed by atoms with Crippen molar-refractivity contribution in [2.75, 3.05) is 26.5 Å². The molecular formula is C16H25FN2O3S. The van der Waals surface area contributed by atoms with Crippen LogP contribution in [0.15, 0.2) is 18.2 Å². The zero-order chi connectivity index (χ0) is 17.2. The van der Waals surface area contributed by atoms with Crippen LogP contribution in [0.1, 0.15) is 19.4 Å². The summed E-state index contributed by atoms with van der Waals surface area (Å²) in [6, 6.07) is 4.82. The first-order valence-electron chi connectivity index (χ1n) is 7.71. The van der Waals surface area contributed by atoms with E-state index < -0.39 is 10.0 Å². The fraction of sp³-hybridized carbons (Fsp3) is 0.625. The van der Waals surface area contributed by atoms with E-state index in [0.717, 1.165) is 12.1 Å². The molecule has 130 valence electrons. The maximum absolute atomic E-state index is 13.8. The van der Waals surface area contributed by atoms with E-state index >= 15 is 0 Å². The molecule has 0 spiro atoms. The van der Waals surface area contributed by atoms with Crippen LogP contribution < -0.4 is 9.46 Å². The van der Waals surface area contributed by atoms with E-state index in [9.17, 15) is 12.8 Å². The van der Waals surface area contributed by atoms with Gasteiger partial charge in [-0.05, 0) is 29.5 Å². The van der Waals surface area contributed by atoms with Gasteiger partial charge in [0.1, 0.15) is 0 Å². The monoisotopic (exact) mass is 344 g/mol. The molecule has 5 nitrogen and oxygen atoms in total. The molecule has 2 atom stereocenters. The number of ether oxygens (including phenoxy) is 1. The number of hydrogen-bond donors (Lipinski definition) is 1. The number of nitrogens with zero attached hydrogens (tertiary/aromatic N) is 1. The molecule has 1 heterocycles. The Morgan fingerprint density at radius 1 is 1.39 bits per heavy atom. The Bertz CT molecular complexity index is 649. The van der Waals surface area contributed by atoms with Crippen LogP contribution in [-0.2, 0) is 16.6 Å². The average Bonchev–Trinajstić information content (AvgIpc) is 2.79. The number of halogens is 1. The first-order chi connectivity index (χ1) is 10.7. The van der Waals surface area contributed by atoms with Gasteiger partial charge in [-0.15, -0.1) is 0 Å². The predicted octanol–water partition coefficient (Wildman–Crippen LogP) is 1.84. The van der Waals surface area contributed by atoms with Crippen molar-refractivity contribution in [3.63, 3.8) is 0 Å². The van der Waals surface area contributed by atoms with E-state index in [1.807, 2.05) is 6.07 Å². The molecule has 0 saturated carbocycles. The maximum Gasteiger partial charge on any atom is 0.209 e. The van der Waals surface area contributed by atoms with Crippen LogP contribution in [0, 0.1) is 17.7 Å². The fourth-order valence-electron chi connectivity index (χ4n) is 3.18. The van der Waals surface area contributed by atoms with Gasteiger partial charge in [0.05, 0.1) is 13.4 Å². The molecule has 0 aliphatic carbocycles. The highest BCUT2D eigenvalue weighted by atomic mass is 32.2. The molecule has 1 N–H and O–H groups in total. The summed E-state index contributed by atoms with van der Waals surface area (Å²) in [5.74, 6) is 0.460. The number of methoxy groups -OCH3 is 1. The van der Waals surface area contributed by atoms with Crippen molar-refractivity contribution in [1.29, 1.82) is 0 Å². The zero-order valence-corrected chi connectivity index (χ0v) is 14.9. The first kappa shape index (κ1) is 18.2. The van der Waals surface area contributed by atoms with Crippen LogP contribution in [0.3, 0.4) is 0 Å². The minimum Gasteiger partial charge on any atom is -0.494 e. The van der Waals surface area contributed by atoms with Crippen molar-refractivity contribution >= 4 is 10.0 Å². The highest BCUT2D eigenvalue weighted by molar-refractivity contribution is 7.88. The van der Waals surface area contributed by atoms with Gasteiger partial charge in [-0.1, -0.05) is 19.9 Å². The van der Waals surface area contributed by atoms with Crippen molar-refractivity contribution in [2.45, 2.75) is 26.4 Å². The Balaban J connectivity index is 2.08. The van der Waals surface area contributed by atoms with E-state index in [1.54, 1.807) is 6.07 Å². The van der Waals surface area contributed by atoms with Gasteiger partial charge in [0, 0.05) is 25.7 Å². The van der Waals surface area contributed by atoms with Crippen LogP contribution in [-0.4, -0.2) is 45.8 Å². The predicted molar refractivity (Wildman–Crippen MR) is 88.3 cm³/mol. The molecule has 0 aromatic heterocycles. The van der Waals surface area contributed by atoms with E-state index in [4.69, 9.17) is 4.74 Å². The Labute approximate surface area is 137 Å². The summed E-state index contributed by atoms with van der Waals surface area (Å²) in [4.78, 5) is 2.16. The lowest BCUT2D eigenvalue weighted by Gasteiger charge is -2.21. The zero-order valence-electron chi connectivity index (χ0n) is 14.0. The summed E-state index contributed by atoms with van der Waals surface area (Å²) in [5.41, 5.74) is 0.853. The summed E-state index contributed by atoms with van der Waals surface area (Å²) < 4.78 is 44.5. The SMILES string of the molecule is COc1ccc(CN2CC(NS(C)(=O)=O)C(C(C)C)C2)cc1F. The molecule has 1 aromatic rings. The minimum atomic E-state index is -3.24. The van der Waals surface area contributed by atoms with Gasteiger partial charge in [-0.2, -0.15) is 0 Å². The van der Waals surface area contributed by atoms with Crippen molar-refractivity contribution in [3.05, 3.63) is 29.6 Å². The summed E-state index contributed by atoms with van der Waals surface area (Å²) in [6.07, 6.45) is 1.19. The van der Waals surface area contributed by atoms with Gasteiger partial charge in [0.2, 0.25) is 10.0 Å². The standard InChI is InChI=1S/C16H25FN2O3S/c1-11(2)13-9-19(10-15(13)18-23(4,20)21)8-12-5-6-16(22-3)14(17)7-12/h5-7,11,13,15,18H,8-10H2,1-4H3. The number of nitrogens with one attached hydrogen (secondary N) is 1. The second-order valence-corrected chi connectivity index (χ2v) is 8.35. The average molecular weight is 344 g/mol. The fourth-order valence-corrected chi connectivity index (χ4v) is 3.98. The van der Waals surface area contributed by atoms with E-state index in [1.165, 1.54) is 19.4 Å². The Morgan fingerprint density at radius 2 is 2.09 bits per heavy atom. The molecule has 0 radical (unpaired) electrons. The molecule has 7 heteroatoms. The molecule has 1 aliphatic heterocycles. The van der Waals surface area contributed by atoms with E-state index in [-0.39, 0.29) is 23.5 Å². The first-order valence-corrected chi connectivity index (χ1v) is 9.61. The second-order valence-electron chi connectivity index (χ2n) is 6.57. The number of sulfonamides is 1. The van der Waals surface area contributed by atoms with Crippen LogP contribution in [0.5, 0.6) is 5.75 Å². The molecule has 1 aromatic carbocycles. The molecule has 1 saturated heterocycles. The lowest BCUT2D eigenvalue weighted by atomic mass is 9.92. The molecule has 2 rings (SSSR count). The largest absolute Gasteiger partial charge is 0.494 e. The summed E-state index contributed by atoms with van der Waals surface area (Å²) in [5, 5.41) is 0. The highest BCUT2D eigenvalue weighted by Crippen LogP contribution is 2.27. The summed E-state index contributed by atoms with van der Waals surface area (Å²) in [7, 11) is -1.80. The third-order valence-corrected chi connectivity index (χ3v) is 5.02. The van der Waals surface area contributed by atoms with Gasteiger partial charge in [-0.25, -0.2) is 17.5 Å². The van der Waals surface area contributed by atoms with Crippen LogP contribution in [0.4, 0.5) is 4.39 Å². The second kappa shape index (κ2) is 7.15. The van der Waals surface area contributed by atoms with Crippen LogP contribution in [0.25, 0.3) is 0 Å². The Hall–Kier alpha value is -1.18. The molecule has 2 unspecified atom stereocenters. The summed E-state index contributed by atoms with van der Waals surface area (Å²) >= 11 is 0. The number of benzene rings is 1. The Kier molecular flexibility index (Phi) is 5.65. The smallest absolute Gasteiger partial charge is 0.209 e.